The third kappa shape index (κ3) is 4.59. The molecular formula is C16H19N3O3S. The van der Waals surface area contributed by atoms with Gasteiger partial charge in [0.25, 0.3) is 5.91 Å². The number of ketones is 1. The summed E-state index contributed by atoms with van der Waals surface area (Å²) in [7, 11) is 0. The van der Waals surface area contributed by atoms with Crippen LogP contribution in [0.15, 0.2) is 24.3 Å². The van der Waals surface area contributed by atoms with E-state index in [4.69, 9.17) is 4.74 Å². The Morgan fingerprint density at radius 2 is 1.78 bits per heavy atom. The topological polar surface area (TPSA) is 81.2 Å². The number of nitrogens with one attached hydrogen (secondary N) is 1. The maximum atomic E-state index is 12.1. The predicted molar refractivity (Wildman–Crippen MR) is 89.2 cm³/mol. The van der Waals surface area contributed by atoms with Gasteiger partial charge in [0, 0.05) is 11.5 Å². The minimum Gasteiger partial charge on any atom is -0.481 e. The second-order valence-corrected chi connectivity index (χ2v) is 6.44. The van der Waals surface area contributed by atoms with E-state index in [9.17, 15) is 9.59 Å². The highest BCUT2D eigenvalue weighted by atomic mass is 32.1. The van der Waals surface area contributed by atoms with Crippen molar-refractivity contribution in [3.63, 3.8) is 0 Å². The molecule has 1 aromatic heterocycles. The lowest BCUT2D eigenvalue weighted by atomic mass is 10.1. The van der Waals surface area contributed by atoms with E-state index in [-0.39, 0.29) is 17.6 Å². The number of amides is 1. The SMILES string of the molecule is CC(=O)c1ccc(OC(C)C(=O)Nc2nnc(C(C)C)s2)cc1. The fourth-order valence-electron chi connectivity index (χ4n) is 1.75. The average Bonchev–Trinajstić information content (AvgIpc) is 2.96. The molecule has 2 aromatic rings. The minimum atomic E-state index is -0.690. The van der Waals surface area contributed by atoms with E-state index in [0.717, 1.165) is 5.01 Å². The summed E-state index contributed by atoms with van der Waals surface area (Å²) >= 11 is 1.35. The predicted octanol–water partition coefficient (Wildman–Crippen LogP) is 3.27. The van der Waals surface area contributed by atoms with Gasteiger partial charge in [-0.2, -0.15) is 0 Å². The first-order valence-corrected chi connectivity index (χ1v) is 8.10. The van der Waals surface area contributed by atoms with Crippen LogP contribution >= 0.6 is 11.3 Å². The summed E-state index contributed by atoms with van der Waals surface area (Å²) in [5.74, 6) is 0.482. The molecule has 23 heavy (non-hydrogen) atoms. The van der Waals surface area contributed by atoms with Crippen LogP contribution in [0.4, 0.5) is 5.13 Å². The zero-order valence-electron chi connectivity index (χ0n) is 13.5. The van der Waals surface area contributed by atoms with Crippen LogP contribution in [-0.2, 0) is 4.79 Å². The number of Topliss-reactive ketones (excluding diaryl/α,β-unsaturated/α-hetero) is 1. The van der Waals surface area contributed by atoms with Gasteiger partial charge in [0.15, 0.2) is 11.9 Å². The van der Waals surface area contributed by atoms with Crippen LogP contribution in [0.5, 0.6) is 5.75 Å². The van der Waals surface area contributed by atoms with Crippen molar-refractivity contribution in [1.82, 2.24) is 10.2 Å². The molecule has 1 heterocycles. The normalized spacial score (nSPS) is 12.0. The molecule has 1 aromatic carbocycles. The Morgan fingerprint density at radius 3 is 2.30 bits per heavy atom. The Kier molecular flexibility index (Phi) is 5.44. The van der Waals surface area contributed by atoms with Crippen molar-refractivity contribution in [2.45, 2.75) is 39.7 Å². The fraction of sp³-hybridized carbons (Fsp3) is 0.375. The number of hydrogen-bond donors (Lipinski definition) is 1. The van der Waals surface area contributed by atoms with E-state index >= 15 is 0 Å². The van der Waals surface area contributed by atoms with Crippen LogP contribution in [0.3, 0.4) is 0 Å². The van der Waals surface area contributed by atoms with E-state index in [2.05, 4.69) is 15.5 Å². The molecule has 0 aliphatic heterocycles. The number of carbonyl (C=O) groups is 2. The summed E-state index contributed by atoms with van der Waals surface area (Å²) in [6, 6.07) is 6.68. The largest absolute Gasteiger partial charge is 0.481 e. The second kappa shape index (κ2) is 7.32. The Morgan fingerprint density at radius 1 is 1.13 bits per heavy atom. The molecule has 0 spiro atoms. The molecule has 2 rings (SSSR count). The molecule has 0 radical (unpaired) electrons. The fourth-order valence-corrected chi connectivity index (χ4v) is 2.50. The summed E-state index contributed by atoms with van der Waals surface area (Å²) < 4.78 is 5.57. The molecule has 0 saturated heterocycles. The zero-order chi connectivity index (χ0) is 17.0. The standard InChI is InChI=1S/C16H19N3O3S/c1-9(2)15-18-19-16(23-15)17-14(21)11(4)22-13-7-5-12(6-8-13)10(3)20/h5-9,11H,1-4H3,(H,17,19,21). The van der Waals surface area contributed by atoms with Gasteiger partial charge in [0.2, 0.25) is 5.13 Å². The van der Waals surface area contributed by atoms with E-state index in [1.165, 1.54) is 18.3 Å². The van der Waals surface area contributed by atoms with Gasteiger partial charge >= 0.3 is 0 Å². The van der Waals surface area contributed by atoms with Crippen molar-refractivity contribution >= 4 is 28.2 Å². The van der Waals surface area contributed by atoms with Crippen molar-refractivity contribution in [3.05, 3.63) is 34.8 Å². The second-order valence-electron chi connectivity index (χ2n) is 5.43. The lowest BCUT2D eigenvalue weighted by molar-refractivity contribution is -0.122. The molecule has 0 saturated carbocycles. The molecule has 0 fully saturated rings. The molecule has 1 atom stereocenters. The Hall–Kier alpha value is -2.28. The molecule has 6 nitrogen and oxygen atoms in total. The van der Waals surface area contributed by atoms with E-state index < -0.39 is 6.10 Å². The highest BCUT2D eigenvalue weighted by Gasteiger charge is 2.17. The van der Waals surface area contributed by atoms with Gasteiger partial charge < -0.3 is 4.74 Å². The molecule has 1 amide bonds. The number of benzene rings is 1. The zero-order valence-corrected chi connectivity index (χ0v) is 14.3. The first kappa shape index (κ1) is 17.1. The molecule has 0 bridgehead atoms. The number of carbonyl (C=O) groups excluding carboxylic acids is 2. The number of ether oxygens (including phenoxy) is 1. The van der Waals surface area contributed by atoms with Crippen molar-refractivity contribution in [2.75, 3.05) is 5.32 Å². The summed E-state index contributed by atoms with van der Waals surface area (Å²) in [5, 5.41) is 12.0. The Bertz CT molecular complexity index is 695. The van der Waals surface area contributed by atoms with Gasteiger partial charge in [0.1, 0.15) is 10.8 Å². The average molecular weight is 333 g/mol. The Balaban J connectivity index is 1.95. The summed E-state index contributed by atoms with van der Waals surface area (Å²) in [6.45, 7) is 7.18. The van der Waals surface area contributed by atoms with Crippen LogP contribution in [0, 0.1) is 0 Å². The lowest BCUT2D eigenvalue weighted by Crippen LogP contribution is -2.30. The van der Waals surface area contributed by atoms with Crippen molar-refractivity contribution in [3.8, 4) is 5.75 Å². The van der Waals surface area contributed by atoms with Crippen molar-refractivity contribution in [1.29, 1.82) is 0 Å². The molecule has 1 N–H and O–H groups in total. The van der Waals surface area contributed by atoms with E-state index in [1.807, 2.05) is 13.8 Å². The number of rotatable bonds is 6. The van der Waals surface area contributed by atoms with Gasteiger partial charge in [0.05, 0.1) is 0 Å². The van der Waals surface area contributed by atoms with Crippen LogP contribution in [0.25, 0.3) is 0 Å². The maximum Gasteiger partial charge on any atom is 0.266 e. The highest BCUT2D eigenvalue weighted by molar-refractivity contribution is 7.15. The minimum absolute atomic E-state index is 0.0143. The van der Waals surface area contributed by atoms with Gasteiger partial charge in [-0.15, -0.1) is 10.2 Å². The molecule has 122 valence electrons. The number of aromatic nitrogens is 2. The van der Waals surface area contributed by atoms with Gasteiger partial charge in [-0.3, -0.25) is 14.9 Å². The quantitative estimate of drug-likeness (QED) is 0.821. The van der Waals surface area contributed by atoms with Crippen LogP contribution in [0.1, 0.15) is 49.0 Å². The van der Waals surface area contributed by atoms with E-state index in [1.54, 1.807) is 31.2 Å². The molecule has 0 aliphatic rings. The van der Waals surface area contributed by atoms with Gasteiger partial charge in [-0.1, -0.05) is 25.2 Å². The Labute approximate surface area is 138 Å². The van der Waals surface area contributed by atoms with Crippen LogP contribution in [-0.4, -0.2) is 28.0 Å². The summed E-state index contributed by atoms with van der Waals surface area (Å²) in [6.07, 6.45) is -0.690. The first-order chi connectivity index (χ1) is 10.9. The van der Waals surface area contributed by atoms with Crippen LogP contribution < -0.4 is 10.1 Å². The highest BCUT2D eigenvalue weighted by Crippen LogP contribution is 2.22. The number of nitrogens with zero attached hydrogens (tertiary/aromatic N) is 2. The third-order valence-corrected chi connectivity index (χ3v) is 4.25. The van der Waals surface area contributed by atoms with Crippen molar-refractivity contribution in [2.24, 2.45) is 0 Å². The van der Waals surface area contributed by atoms with Crippen molar-refractivity contribution < 1.29 is 14.3 Å². The van der Waals surface area contributed by atoms with Crippen LogP contribution in [0.2, 0.25) is 0 Å². The lowest BCUT2D eigenvalue weighted by Gasteiger charge is -2.13. The molecule has 7 heteroatoms. The number of anilines is 1. The number of hydrogen-bond acceptors (Lipinski definition) is 6. The maximum absolute atomic E-state index is 12.1. The molecule has 0 aliphatic carbocycles. The third-order valence-electron chi connectivity index (χ3n) is 3.11. The monoisotopic (exact) mass is 333 g/mol. The van der Waals surface area contributed by atoms with Gasteiger partial charge in [-0.05, 0) is 38.1 Å². The summed E-state index contributed by atoms with van der Waals surface area (Å²) in [4.78, 5) is 23.3. The molecular weight excluding hydrogens is 314 g/mol. The smallest absolute Gasteiger partial charge is 0.266 e. The molecule has 1 unspecified atom stereocenters. The van der Waals surface area contributed by atoms with Gasteiger partial charge in [-0.25, -0.2) is 0 Å². The first-order valence-electron chi connectivity index (χ1n) is 7.28. The summed E-state index contributed by atoms with van der Waals surface area (Å²) in [5.41, 5.74) is 0.601. The van der Waals surface area contributed by atoms with E-state index in [0.29, 0.717) is 16.4 Å².